The van der Waals surface area contributed by atoms with Crippen LogP contribution in [-0.2, 0) is 11.3 Å². The molecule has 0 spiro atoms. The number of nitrogens with zero attached hydrogens (tertiary/aromatic N) is 4. The van der Waals surface area contributed by atoms with Crippen LogP contribution < -0.4 is 10.6 Å². The van der Waals surface area contributed by atoms with E-state index in [1.54, 1.807) is 11.8 Å². The minimum absolute atomic E-state index is 0.149. The highest BCUT2D eigenvalue weighted by Crippen LogP contribution is 2.27. The quantitative estimate of drug-likeness (QED) is 0.376. The molecular weight excluding hydrogens is 396 g/mol. The predicted molar refractivity (Wildman–Crippen MR) is 124 cm³/mol. The predicted octanol–water partition coefficient (Wildman–Crippen LogP) is 4.63. The third kappa shape index (κ3) is 6.59. The summed E-state index contributed by atoms with van der Waals surface area (Å²) in [5, 5.41) is 12.7. The number of thioether (sulfide) groups is 1. The molecule has 1 saturated carbocycles. The molecule has 1 aliphatic carbocycles. The van der Waals surface area contributed by atoms with Crippen LogP contribution in [-0.4, -0.2) is 44.5 Å². The maximum atomic E-state index is 12.2. The van der Waals surface area contributed by atoms with Crippen LogP contribution in [0.4, 0.5) is 5.82 Å². The van der Waals surface area contributed by atoms with Crippen LogP contribution in [0.2, 0.25) is 0 Å². The van der Waals surface area contributed by atoms with Gasteiger partial charge in [-0.25, -0.2) is 14.6 Å². The number of amides is 1. The lowest BCUT2D eigenvalue weighted by atomic mass is 9.86. The molecule has 2 aromatic heterocycles. The van der Waals surface area contributed by atoms with E-state index in [0.717, 1.165) is 59.5 Å². The number of anilines is 1. The topological polar surface area (TPSA) is 84.7 Å². The highest BCUT2D eigenvalue weighted by Gasteiger charge is 2.16. The van der Waals surface area contributed by atoms with E-state index in [0.29, 0.717) is 19.5 Å². The Bertz CT molecular complexity index is 802. The molecule has 3 rings (SSSR count). The molecule has 8 heteroatoms. The number of carbonyl (C=O) groups is 1. The van der Waals surface area contributed by atoms with Gasteiger partial charge >= 0.3 is 0 Å². The van der Waals surface area contributed by atoms with Crippen LogP contribution in [0.3, 0.4) is 0 Å². The minimum Gasteiger partial charge on any atom is -0.369 e. The van der Waals surface area contributed by atoms with Crippen LogP contribution in [0.1, 0.15) is 71.6 Å². The molecule has 1 amide bonds. The highest BCUT2D eigenvalue weighted by molar-refractivity contribution is 7.99. The molecule has 2 heterocycles. The van der Waals surface area contributed by atoms with Gasteiger partial charge in [-0.3, -0.25) is 4.79 Å². The average Bonchev–Trinajstić information content (AvgIpc) is 3.18. The fourth-order valence-corrected chi connectivity index (χ4v) is 4.63. The van der Waals surface area contributed by atoms with Gasteiger partial charge in [0.1, 0.15) is 5.82 Å². The zero-order valence-electron chi connectivity index (χ0n) is 18.5. The van der Waals surface area contributed by atoms with Crippen LogP contribution in [0.15, 0.2) is 11.4 Å². The normalized spacial score (nSPS) is 14.9. The molecule has 1 aliphatic rings. The zero-order valence-corrected chi connectivity index (χ0v) is 19.3. The first-order valence-electron chi connectivity index (χ1n) is 11.6. The van der Waals surface area contributed by atoms with Crippen molar-refractivity contribution in [2.45, 2.75) is 83.3 Å². The first-order valence-corrected chi connectivity index (χ1v) is 12.6. The molecule has 0 radical (unpaired) electrons. The Morgan fingerprint density at radius 3 is 2.77 bits per heavy atom. The van der Waals surface area contributed by atoms with Gasteiger partial charge < -0.3 is 10.6 Å². The summed E-state index contributed by atoms with van der Waals surface area (Å²) in [5.74, 6) is 2.73. The molecule has 2 N–H and O–H groups in total. The maximum absolute atomic E-state index is 12.2. The monoisotopic (exact) mass is 432 g/mol. The van der Waals surface area contributed by atoms with Crippen molar-refractivity contribution in [3.8, 4) is 0 Å². The molecule has 7 nitrogen and oxygen atoms in total. The molecule has 30 heavy (non-hydrogen) atoms. The van der Waals surface area contributed by atoms with Crippen LogP contribution in [0.5, 0.6) is 0 Å². The number of hydrogen-bond donors (Lipinski definition) is 2. The van der Waals surface area contributed by atoms with E-state index < -0.39 is 0 Å². The fourth-order valence-electron chi connectivity index (χ4n) is 3.94. The second-order valence-electron chi connectivity index (χ2n) is 8.13. The van der Waals surface area contributed by atoms with Gasteiger partial charge in [0.05, 0.1) is 18.1 Å². The van der Waals surface area contributed by atoms with Gasteiger partial charge in [0.15, 0.2) is 10.8 Å². The first kappa shape index (κ1) is 22.8. The van der Waals surface area contributed by atoms with Gasteiger partial charge in [-0.1, -0.05) is 57.7 Å². The van der Waals surface area contributed by atoms with E-state index in [2.05, 4.69) is 34.6 Å². The smallest absolute Gasteiger partial charge is 0.220 e. The molecule has 0 saturated heterocycles. The number of aromatic nitrogens is 4. The minimum atomic E-state index is 0.149. The second kappa shape index (κ2) is 12.1. The summed E-state index contributed by atoms with van der Waals surface area (Å²) in [7, 11) is 0. The summed E-state index contributed by atoms with van der Waals surface area (Å²) in [4.78, 5) is 21.7. The van der Waals surface area contributed by atoms with Gasteiger partial charge in [0, 0.05) is 25.3 Å². The average molecular weight is 433 g/mol. The zero-order chi connectivity index (χ0) is 21.2. The fraction of sp³-hybridized carbons (Fsp3) is 0.727. The van der Waals surface area contributed by atoms with Crippen molar-refractivity contribution in [3.63, 3.8) is 0 Å². The lowest BCUT2D eigenvalue weighted by molar-refractivity contribution is -0.121. The third-order valence-electron chi connectivity index (χ3n) is 5.60. The lowest BCUT2D eigenvalue weighted by Crippen LogP contribution is -2.28. The van der Waals surface area contributed by atoms with E-state index in [-0.39, 0.29) is 5.91 Å². The molecule has 0 atom stereocenters. The van der Waals surface area contributed by atoms with Crippen molar-refractivity contribution < 1.29 is 4.79 Å². The van der Waals surface area contributed by atoms with Gasteiger partial charge in [0.2, 0.25) is 5.91 Å². The summed E-state index contributed by atoms with van der Waals surface area (Å²) < 4.78 is 1.88. The largest absolute Gasteiger partial charge is 0.369 e. The molecule has 0 aromatic carbocycles. The summed E-state index contributed by atoms with van der Waals surface area (Å²) in [5.41, 5.74) is 0.832. The number of hydrogen-bond acceptors (Lipinski definition) is 6. The van der Waals surface area contributed by atoms with Gasteiger partial charge in [-0.15, -0.1) is 0 Å². The number of rotatable bonds is 12. The van der Waals surface area contributed by atoms with Crippen LogP contribution in [0, 0.1) is 5.92 Å². The Hall–Kier alpha value is -1.83. The third-order valence-corrected chi connectivity index (χ3v) is 6.66. The number of nitrogens with one attached hydrogen (secondary N) is 2. The molecule has 0 bridgehead atoms. The van der Waals surface area contributed by atoms with E-state index in [9.17, 15) is 4.79 Å². The van der Waals surface area contributed by atoms with Crippen LogP contribution >= 0.6 is 11.8 Å². The SMILES string of the molecule is CCCNc1nc(SCCC)nc2c1cnn2CCNC(=O)CCC1CCCCC1. The summed E-state index contributed by atoms with van der Waals surface area (Å²) >= 11 is 1.67. The molecule has 0 unspecified atom stereocenters. The van der Waals surface area contributed by atoms with Crippen molar-refractivity contribution in [2.75, 3.05) is 24.2 Å². The Kier molecular flexibility index (Phi) is 9.24. The van der Waals surface area contributed by atoms with Crippen molar-refractivity contribution in [1.82, 2.24) is 25.1 Å². The summed E-state index contributed by atoms with van der Waals surface area (Å²) in [6, 6.07) is 0. The molecular formula is C22H36N6OS. The number of carbonyl (C=O) groups excluding carboxylic acids is 1. The van der Waals surface area contributed by atoms with Gasteiger partial charge in [-0.05, 0) is 25.2 Å². The van der Waals surface area contributed by atoms with Crippen LogP contribution in [0.25, 0.3) is 11.0 Å². The Morgan fingerprint density at radius 1 is 1.17 bits per heavy atom. The first-order chi connectivity index (χ1) is 14.7. The maximum Gasteiger partial charge on any atom is 0.220 e. The van der Waals surface area contributed by atoms with Crippen molar-refractivity contribution in [3.05, 3.63) is 6.20 Å². The van der Waals surface area contributed by atoms with Crippen molar-refractivity contribution >= 4 is 34.5 Å². The second-order valence-corrected chi connectivity index (χ2v) is 9.19. The van der Waals surface area contributed by atoms with Crippen molar-refractivity contribution in [2.24, 2.45) is 5.92 Å². The lowest BCUT2D eigenvalue weighted by Gasteiger charge is -2.20. The number of fused-ring (bicyclic) bond motifs is 1. The van der Waals surface area contributed by atoms with E-state index in [1.165, 1.54) is 32.1 Å². The molecule has 166 valence electrons. The highest BCUT2D eigenvalue weighted by atomic mass is 32.2. The Balaban J connectivity index is 1.57. The molecule has 0 aliphatic heterocycles. The Morgan fingerprint density at radius 2 is 2.00 bits per heavy atom. The standard InChI is InChI=1S/C22H36N6OS/c1-3-12-24-20-18-16-25-28(21(18)27-22(26-20)30-15-4-2)14-13-23-19(29)11-10-17-8-6-5-7-9-17/h16-17H,3-15H2,1-2H3,(H,23,29)(H,24,26,27). The van der Waals surface area contributed by atoms with Gasteiger partial charge in [-0.2, -0.15) is 5.10 Å². The summed E-state index contributed by atoms with van der Waals surface area (Å²) in [6.45, 7) is 6.34. The van der Waals surface area contributed by atoms with E-state index >= 15 is 0 Å². The molecule has 2 aromatic rings. The summed E-state index contributed by atoms with van der Waals surface area (Å²) in [6.07, 6.45) is 12.2. The Labute approximate surface area is 184 Å². The van der Waals surface area contributed by atoms with Crippen molar-refractivity contribution in [1.29, 1.82) is 0 Å². The van der Waals surface area contributed by atoms with Gasteiger partial charge in [0.25, 0.3) is 0 Å². The molecule has 1 fully saturated rings. The van der Waals surface area contributed by atoms with E-state index in [1.807, 2.05) is 10.9 Å². The van der Waals surface area contributed by atoms with E-state index in [4.69, 9.17) is 4.98 Å².